The summed E-state index contributed by atoms with van der Waals surface area (Å²) in [7, 11) is 1.71. The molecule has 1 aliphatic rings. The van der Waals surface area contributed by atoms with Gasteiger partial charge in [-0.2, -0.15) is 0 Å². The first-order valence-corrected chi connectivity index (χ1v) is 37.5. The molecule has 7 rings (SSSR count). The lowest BCUT2D eigenvalue weighted by Gasteiger charge is -2.29. The molecule has 5 aromatic carbocycles. The lowest BCUT2D eigenvalue weighted by atomic mass is 9.99. The highest BCUT2D eigenvalue weighted by atomic mass is 33.1. The monoisotopic (exact) mass is 1550 g/mol. The lowest BCUT2D eigenvalue weighted by Crippen LogP contribution is -2.63. The van der Waals surface area contributed by atoms with Crippen molar-refractivity contribution in [1.82, 2.24) is 63.5 Å². The van der Waals surface area contributed by atoms with Crippen molar-refractivity contribution in [2.45, 2.75) is 156 Å². The first-order valence-electron chi connectivity index (χ1n) is 35.0. The van der Waals surface area contributed by atoms with Crippen molar-refractivity contribution < 1.29 is 87.1 Å². The van der Waals surface area contributed by atoms with Crippen LogP contribution >= 0.6 is 21.6 Å². The summed E-state index contributed by atoms with van der Waals surface area (Å²) < 4.78 is 14.5. The summed E-state index contributed by atoms with van der Waals surface area (Å²) in [5.41, 5.74) is 20.5. The molecule has 6 aromatic rings. The topological polar surface area (TPSA) is 529 Å². The van der Waals surface area contributed by atoms with E-state index in [1.807, 2.05) is 0 Å². The van der Waals surface area contributed by atoms with Crippen molar-refractivity contribution >= 4 is 109 Å². The Kier molecular flexibility index (Phi) is 33.4. The summed E-state index contributed by atoms with van der Waals surface area (Å²) in [4.78, 5) is 189. The summed E-state index contributed by atoms with van der Waals surface area (Å²) >= 11 is 0. The number of carbonyl (C=O) groups excluding carboxylic acids is 12. The first kappa shape index (κ1) is 85.4. The van der Waals surface area contributed by atoms with Gasteiger partial charge in [-0.3, -0.25) is 57.5 Å². The van der Waals surface area contributed by atoms with Gasteiger partial charge in [-0.15, -0.1) is 0 Å². The number of benzene rings is 5. The molecule has 0 spiro atoms. The van der Waals surface area contributed by atoms with E-state index in [9.17, 15) is 68.0 Å². The number of nitrogens with one attached hydrogen (secondary N) is 12. The number of aliphatic hydroxyl groups excluding tert-OH is 3. The number of carbonyl (C=O) groups is 13. The van der Waals surface area contributed by atoms with E-state index in [1.165, 1.54) is 12.1 Å². The fourth-order valence-corrected chi connectivity index (χ4v) is 13.9. The normalized spacial score (nSPS) is 24.2. The zero-order valence-corrected chi connectivity index (χ0v) is 61.3. The van der Waals surface area contributed by atoms with Crippen molar-refractivity contribution in [3.05, 3.63) is 179 Å². The number of unbranched alkanes of at least 4 members (excludes halogenated alkanes) is 1. The number of aromatic amines is 1. The van der Waals surface area contributed by atoms with E-state index in [-0.39, 0.29) is 56.4 Å². The Morgan fingerprint density at radius 1 is 0.459 bits per heavy atom. The van der Waals surface area contributed by atoms with Crippen molar-refractivity contribution in [2.24, 2.45) is 17.2 Å². The van der Waals surface area contributed by atoms with Gasteiger partial charge in [0, 0.05) is 60.7 Å². The number of hydrogen-bond acceptors (Lipinski definition) is 20. The highest BCUT2D eigenvalue weighted by molar-refractivity contribution is 8.76. The minimum atomic E-state index is -1.97. The number of para-hydroxylation sites is 1. The molecule has 1 fully saturated rings. The van der Waals surface area contributed by atoms with Crippen LogP contribution in [-0.2, 0) is 94.4 Å². The van der Waals surface area contributed by atoms with E-state index in [4.69, 9.17) is 17.2 Å². The van der Waals surface area contributed by atoms with E-state index in [0.717, 1.165) is 47.6 Å². The average molecular weight is 1550 g/mol. The number of amides is 12. The summed E-state index contributed by atoms with van der Waals surface area (Å²) in [6, 6.07) is 15.8. The molecule has 0 radical (unpaired) electrons. The van der Waals surface area contributed by atoms with Crippen LogP contribution in [0.3, 0.4) is 0 Å². The second kappa shape index (κ2) is 42.7. The average Bonchev–Trinajstić information content (AvgIpc) is 1.73. The molecule has 12 amide bonds. The van der Waals surface area contributed by atoms with Crippen molar-refractivity contribution in [3.8, 4) is 0 Å². The number of aliphatic hydroxyl groups is 3. The summed E-state index contributed by atoms with van der Waals surface area (Å²) in [5, 5.41) is 71.0. The van der Waals surface area contributed by atoms with Crippen LogP contribution in [0.5, 0.6) is 0 Å². The molecule has 22 N–H and O–H groups in total. The van der Waals surface area contributed by atoms with Gasteiger partial charge in [0.05, 0.1) is 31.3 Å². The highest BCUT2D eigenvalue weighted by Gasteiger charge is 2.39. The van der Waals surface area contributed by atoms with Crippen LogP contribution in [0.4, 0.5) is 4.39 Å². The molecule has 109 heavy (non-hydrogen) atoms. The fourth-order valence-electron chi connectivity index (χ4n) is 11.6. The number of hydrogen-bond donors (Lipinski definition) is 19. The molecule has 3 unspecified atom stereocenters. The number of aliphatic carboxylic acids is 1. The number of H-pyrrole nitrogens is 1. The molecular weight excluding hydrogens is 1450 g/mol. The Bertz CT molecular complexity index is 4110. The minimum Gasteiger partial charge on any atom is -0.480 e. The second-order valence-electron chi connectivity index (χ2n) is 26.1. The van der Waals surface area contributed by atoms with Gasteiger partial charge in [0.25, 0.3) is 0 Å². The van der Waals surface area contributed by atoms with Crippen molar-refractivity contribution in [1.29, 1.82) is 0 Å². The minimum absolute atomic E-state index is 0.0861. The van der Waals surface area contributed by atoms with Crippen LogP contribution in [0.2, 0.25) is 0 Å². The maximum absolute atomic E-state index is 15.4. The zero-order valence-electron chi connectivity index (χ0n) is 59.7. The summed E-state index contributed by atoms with van der Waals surface area (Å²) in [6.07, 6.45) is -3.95. The number of fused-ring (bicyclic) bond motifs is 1. The van der Waals surface area contributed by atoms with Crippen molar-refractivity contribution in [3.63, 3.8) is 0 Å². The van der Waals surface area contributed by atoms with E-state index < -0.39 is 193 Å². The van der Waals surface area contributed by atoms with E-state index in [1.54, 1.807) is 121 Å². The van der Waals surface area contributed by atoms with Gasteiger partial charge >= 0.3 is 5.97 Å². The van der Waals surface area contributed by atoms with Gasteiger partial charge < -0.3 is 101 Å². The Morgan fingerprint density at radius 2 is 0.835 bits per heavy atom. The number of primary amides is 1. The zero-order chi connectivity index (χ0) is 79.3. The van der Waals surface area contributed by atoms with Gasteiger partial charge in [0.1, 0.15) is 72.3 Å². The first-order chi connectivity index (χ1) is 52.1. The third-order valence-electron chi connectivity index (χ3n) is 17.5. The smallest absolute Gasteiger partial charge is 0.327 e. The highest BCUT2D eigenvalue weighted by Crippen LogP contribution is 2.24. The molecule has 35 heteroatoms. The predicted molar refractivity (Wildman–Crippen MR) is 401 cm³/mol. The molecule has 32 nitrogen and oxygen atoms in total. The molecule has 0 saturated carbocycles. The second-order valence-corrected chi connectivity index (χ2v) is 28.7. The quantitative estimate of drug-likeness (QED) is 0.0283. The van der Waals surface area contributed by atoms with E-state index in [2.05, 4.69) is 63.5 Å². The van der Waals surface area contributed by atoms with Crippen LogP contribution in [-0.4, -0.2) is 212 Å². The molecule has 584 valence electrons. The standard InChI is InChI=1S/C74H92FN15O17S2/c1-40(92)61-72(104)86-55(32-44-20-10-5-11-21-44)70(102)90-62(41(2)93)73(105)87-58(37-91)71(103)88-59(74(106)107)39-109-108-38-49(77)63(95)80-51(24-14-15-29-76)64(96)85-57(35-60(78)94)68(100)82-52(30-42-16-6-3-7-17-42)65(97)81-53(31-43-18-8-4-9-19-43)66(98)84-56(34-46-36-79-50-23-13-12-22-48(46)50)67(99)83-54(69(101)89-61)33-45-25-27-47(75)28-26-45/h3-13,16-23,25-28,36,40-41,49,51-59,61-62,79,91-93H,14-15,24,29-35,37-39,76-77H2,1-2H3,(H2,78,94)(H,80,95)(H,81,97)(H,82,100)(H,83,99)(H,84,98)(H,85,96)(H,86,104)(H,87,105)(H,88,103)(H,89,101)(H,90,102)(H,106,107)/t40-,41-,49+,51+,52+,53+,54+,55+,56?,57+,58?,59+,61?,62+/m1/s1. The van der Waals surface area contributed by atoms with Gasteiger partial charge in [-0.25, -0.2) is 9.18 Å². The Hall–Kier alpha value is -10.8. The lowest BCUT2D eigenvalue weighted by molar-refractivity contribution is -0.142. The number of carboxylic acids is 1. The number of halogens is 1. The molecular formula is C74H92FN15O17S2. The van der Waals surface area contributed by atoms with Crippen LogP contribution in [0, 0.1) is 5.82 Å². The molecule has 1 aliphatic heterocycles. The summed E-state index contributed by atoms with van der Waals surface area (Å²) in [6.45, 7) is 1.23. The van der Waals surface area contributed by atoms with Crippen LogP contribution in [0.15, 0.2) is 146 Å². The molecule has 1 saturated heterocycles. The Morgan fingerprint density at radius 3 is 1.28 bits per heavy atom. The predicted octanol–water partition coefficient (Wildman–Crippen LogP) is -2.28. The number of rotatable bonds is 20. The SMILES string of the molecule is C[C@@H](O)C1NC(=O)[C@H](Cc2ccc(F)cc2)NC(=O)C(Cc2c[nH]c3ccccc23)NC(=O)[C@H](Cc2ccccc2)NC(=O)[C@H](Cc2ccccc2)NC(=O)[C@H](CC(N)=O)NC(=O)[C@H](CCCCN)NC(=O)[C@@H](N)CSSC[C@@H](C(=O)O)NC(=O)C(CO)NC(=O)[C@H]([C@@H](C)O)NC(=O)[C@H](Cc2ccccc2)NC1=O. The number of nitrogens with two attached hydrogens (primary N) is 3. The van der Waals surface area contributed by atoms with Crippen molar-refractivity contribution in [2.75, 3.05) is 24.7 Å². The van der Waals surface area contributed by atoms with E-state index >= 15 is 19.2 Å². The molecule has 14 atom stereocenters. The van der Waals surface area contributed by atoms with Crippen LogP contribution < -0.4 is 75.7 Å². The molecule has 0 bridgehead atoms. The summed E-state index contributed by atoms with van der Waals surface area (Å²) in [5.74, 6) is -16.1. The maximum atomic E-state index is 15.4. The molecule has 0 aliphatic carbocycles. The van der Waals surface area contributed by atoms with Gasteiger partial charge in [-0.1, -0.05) is 143 Å². The Balaban J connectivity index is 1.31. The van der Waals surface area contributed by atoms with Gasteiger partial charge in [0.2, 0.25) is 70.9 Å². The van der Waals surface area contributed by atoms with E-state index in [0.29, 0.717) is 39.6 Å². The number of aromatic nitrogens is 1. The Labute approximate surface area is 634 Å². The van der Waals surface area contributed by atoms with Gasteiger partial charge in [0.15, 0.2) is 0 Å². The fraction of sp³-hybridized carbons (Fsp3) is 0.392. The van der Waals surface area contributed by atoms with Crippen LogP contribution in [0.1, 0.15) is 67.3 Å². The largest absolute Gasteiger partial charge is 0.480 e. The maximum Gasteiger partial charge on any atom is 0.327 e. The van der Waals surface area contributed by atoms with Crippen LogP contribution in [0.25, 0.3) is 10.9 Å². The third kappa shape index (κ3) is 26.8. The van der Waals surface area contributed by atoms with Gasteiger partial charge in [-0.05, 0) is 85.7 Å². The molecule has 2 heterocycles. The number of carboxylic acid groups (broad SMARTS) is 1. The molecule has 1 aromatic heterocycles. The third-order valence-corrected chi connectivity index (χ3v) is 20.0.